The van der Waals surface area contributed by atoms with Crippen LogP contribution >= 0.6 is 11.3 Å². The van der Waals surface area contributed by atoms with Crippen LogP contribution in [0, 0.1) is 0 Å². The van der Waals surface area contributed by atoms with Crippen LogP contribution in [-0.4, -0.2) is 25.1 Å². The fourth-order valence-electron chi connectivity index (χ4n) is 3.95. The lowest BCUT2D eigenvalue weighted by atomic mass is 9.99. The number of nitrogens with zero attached hydrogens (tertiary/aromatic N) is 1. The van der Waals surface area contributed by atoms with Gasteiger partial charge in [0.1, 0.15) is 17.1 Å². The van der Waals surface area contributed by atoms with E-state index in [9.17, 15) is 4.79 Å². The van der Waals surface area contributed by atoms with Crippen LogP contribution in [-0.2, 0) is 4.79 Å². The third-order valence-corrected chi connectivity index (χ3v) is 6.54. The van der Waals surface area contributed by atoms with Crippen molar-refractivity contribution in [3.8, 4) is 22.6 Å². The smallest absolute Gasteiger partial charge is 0.250 e. The Labute approximate surface area is 200 Å². The molecule has 1 amide bonds. The first kappa shape index (κ1) is 21.7. The van der Waals surface area contributed by atoms with Crippen LogP contribution < -0.4 is 14.8 Å². The topological polar surface area (TPSA) is 73.6 Å². The van der Waals surface area contributed by atoms with Gasteiger partial charge in [-0.05, 0) is 36.8 Å². The maximum Gasteiger partial charge on any atom is 0.250 e. The van der Waals surface area contributed by atoms with Gasteiger partial charge in [-0.3, -0.25) is 10.1 Å². The Balaban J connectivity index is 1.51. The molecule has 0 bridgehead atoms. The number of hydrogen-bond donors (Lipinski definition) is 1. The monoisotopic (exact) mass is 470 g/mol. The number of benzene rings is 3. The van der Waals surface area contributed by atoms with Gasteiger partial charge in [0.15, 0.2) is 5.13 Å². The number of anilines is 1. The molecule has 0 unspecified atom stereocenters. The zero-order chi connectivity index (χ0) is 23.7. The van der Waals surface area contributed by atoms with Crippen LogP contribution in [0.4, 0.5) is 5.13 Å². The van der Waals surface area contributed by atoms with Crippen molar-refractivity contribution in [3.63, 3.8) is 0 Å². The molecule has 3 aromatic carbocycles. The molecule has 7 heteroatoms. The molecule has 5 aromatic rings. The average Bonchev–Trinajstić information content (AvgIpc) is 3.45. The molecule has 0 saturated carbocycles. The van der Waals surface area contributed by atoms with Crippen LogP contribution in [0.25, 0.3) is 37.9 Å². The van der Waals surface area contributed by atoms with Crippen molar-refractivity contribution in [1.29, 1.82) is 0 Å². The molecule has 0 atom stereocenters. The summed E-state index contributed by atoms with van der Waals surface area (Å²) in [5, 5.41) is 4.33. The molecule has 0 radical (unpaired) electrons. The van der Waals surface area contributed by atoms with Crippen molar-refractivity contribution in [2.45, 2.75) is 6.92 Å². The van der Waals surface area contributed by atoms with Crippen molar-refractivity contribution in [3.05, 3.63) is 78.6 Å². The molecular weight excluding hydrogens is 448 g/mol. The highest BCUT2D eigenvalue weighted by atomic mass is 32.1. The number of nitrogens with one attached hydrogen (secondary N) is 1. The lowest BCUT2D eigenvalue weighted by molar-refractivity contribution is -0.111. The van der Waals surface area contributed by atoms with Gasteiger partial charge in [0.25, 0.3) is 0 Å². The van der Waals surface area contributed by atoms with Gasteiger partial charge < -0.3 is 13.9 Å². The molecule has 0 fully saturated rings. The molecule has 6 nitrogen and oxygen atoms in total. The first-order valence-electron chi connectivity index (χ1n) is 10.6. The minimum absolute atomic E-state index is 0.254. The second kappa shape index (κ2) is 9.03. The second-order valence-corrected chi connectivity index (χ2v) is 8.73. The maximum atomic E-state index is 12.8. The molecule has 0 spiro atoms. The summed E-state index contributed by atoms with van der Waals surface area (Å²) in [4.78, 5) is 17.2. The van der Waals surface area contributed by atoms with Crippen molar-refractivity contribution < 1.29 is 18.7 Å². The number of furan rings is 1. The molecule has 5 rings (SSSR count). The summed E-state index contributed by atoms with van der Waals surface area (Å²) >= 11 is 1.44. The number of carbonyl (C=O) groups excluding carboxylic acids is 1. The number of para-hydroxylation sites is 2. The molecule has 34 heavy (non-hydrogen) atoms. The summed E-state index contributed by atoms with van der Waals surface area (Å²) in [5.41, 5.74) is 4.93. The Morgan fingerprint density at radius 3 is 2.56 bits per heavy atom. The highest BCUT2D eigenvalue weighted by molar-refractivity contribution is 7.22. The lowest BCUT2D eigenvalue weighted by Crippen LogP contribution is -2.08. The van der Waals surface area contributed by atoms with Crippen LogP contribution in [0.15, 0.2) is 77.4 Å². The fraction of sp³-hybridized carbons (Fsp3) is 0.111. The van der Waals surface area contributed by atoms with Crippen LogP contribution in [0.3, 0.4) is 0 Å². The number of amides is 1. The van der Waals surface area contributed by atoms with E-state index in [-0.39, 0.29) is 5.91 Å². The van der Waals surface area contributed by atoms with E-state index in [4.69, 9.17) is 13.9 Å². The maximum absolute atomic E-state index is 12.8. The number of thiazole rings is 1. The summed E-state index contributed by atoms with van der Waals surface area (Å²) in [5.74, 6) is 1.12. The van der Waals surface area contributed by atoms with E-state index in [0.29, 0.717) is 16.5 Å². The van der Waals surface area contributed by atoms with Gasteiger partial charge in [0, 0.05) is 34.2 Å². The number of carbonyl (C=O) groups is 1. The van der Waals surface area contributed by atoms with Gasteiger partial charge in [-0.25, -0.2) is 4.98 Å². The molecule has 1 N–H and O–H groups in total. The van der Waals surface area contributed by atoms with Crippen molar-refractivity contribution in [1.82, 2.24) is 4.98 Å². The predicted molar refractivity (Wildman–Crippen MR) is 137 cm³/mol. The summed E-state index contributed by atoms with van der Waals surface area (Å²) in [7, 11) is 3.25. The van der Waals surface area contributed by atoms with Crippen molar-refractivity contribution in [2.24, 2.45) is 0 Å². The largest absolute Gasteiger partial charge is 0.496 e. The normalized spacial score (nSPS) is 11.7. The SMILES string of the molecule is COc1cc2occ(-c3ccccc3OC)c2cc1/C(C)=C/C(=O)Nc1nc2ccccc2s1. The quantitative estimate of drug-likeness (QED) is 0.277. The van der Waals surface area contributed by atoms with Gasteiger partial charge in [-0.1, -0.05) is 41.7 Å². The standard InChI is InChI=1S/C27H22N2O4S/c1-16(12-26(30)29-27-28-21-9-5-7-11-25(21)34-27)18-13-19-20(15-33-24(19)14-23(18)32-3)17-8-4-6-10-22(17)31-2/h4-15H,1-3H3,(H,28,29,30)/b16-12+. The Morgan fingerprint density at radius 1 is 1.00 bits per heavy atom. The number of hydrogen-bond acceptors (Lipinski definition) is 6. The lowest BCUT2D eigenvalue weighted by Gasteiger charge is -2.11. The molecule has 0 aliphatic carbocycles. The second-order valence-electron chi connectivity index (χ2n) is 7.70. The Kier molecular flexibility index (Phi) is 5.77. The summed E-state index contributed by atoms with van der Waals surface area (Å²) in [6, 6.07) is 19.4. The summed E-state index contributed by atoms with van der Waals surface area (Å²) in [6.45, 7) is 1.88. The molecule has 0 aliphatic rings. The molecule has 2 aromatic heterocycles. The zero-order valence-corrected chi connectivity index (χ0v) is 19.7. The minimum Gasteiger partial charge on any atom is -0.496 e. The van der Waals surface area contributed by atoms with Crippen LogP contribution in [0.5, 0.6) is 11.5 Å². The van der Waals surface area contributed by atoms with Crippen molar-refractivity contribution in [2.75, 3.05) is 19.5 Å². The van der Waals surface area contributed by atoms with Crippen molar-refractivity contribution >= 4 is 49.1 Å². The molecular formula is C27H22N2O4S. The van der Waals surface area contributed by atoms with E-state index in [1.165, 1.54) is 11.3 Å². The number of allylic oxidation sites excluding steroid dienone is 1. The highest BCUT2D eigenvalue weighted by Gasteiger charge is 2.17. The molecule has 0 aliphatic heterocycles. The minimum atomic E-state index is -0.254. The van der Waals surface area contributed by atoms with Crippen LogP contribution in [0.1, 0.15) is 12.5 Å². The van der Waals surface area contributed by atoms with Gasteiger partial charge in [0.05, 0.1) is 30.7 Å². The predicted octanol–water partition coefficient (Wildman–Crippen LogP) is 6.77. The van der Waals surface area contributed by atoms with Gasteiger partial charge >= 0.3 is 0 Å². The number of ether oxygens (including phenoxy) is 2. The molecule has 0 saturated heterocycles. The third kappa shape index (κ3) is 4.02. The van der Waals surface area contributed by atoms with E-state index in [0.717, 1.165) is 43.6 Å². The van der Waals surface area contributed by atoms with E-state index in [1.807, 2.05) is 67.6 Å². The first-order chi connectivity index (χ1) is 16.6. The van der Waals surface area contributed by atoms with E-state index in [2.05, 4.69) is 10.3 Å². The number of aromatic nitrogens is 1. The van der Waals surface area contributed by atoms with E-state index >= 15 is 0 Å². The fourth-order valence-corrected chi connectivity index (χ4v) is 4.82. The highest BCUT2D eigenvalue weighted by Crippen LogP contribution is 2.40. The Bertz CT molecular complexity index is 1510. The average molecular weight is 471 g/mol. The third-order valence-electron chi connectivity index (χ3n) is 5.59. The number of rotatable bonds is 6. The number of fused-ring (bicyclic) bond motifs is 2. The van der Waals surface area contributed by atoms with E-state index < -0.39 is 0 Å². The first-order valence-corrected chi connectivity index (χ1v) is 11.5. The zero-order valence-electron chi connectivity index (χ0n) is 18.9. The number of methoxy groups -OCH3 is 2. The Morgan fingerprint density at radius 2 is 1.76 bits per heavy atom. The van der Waals surface area contributed by atoms with Gasteiger partial charge in [-0.2, -0.15) is 0 Å². The van der Waals surface area contributed by atoms with Gasteiger partial charge in [-0.15, -0.1) is 0 Å². The Hall–Kier alpha value is -4.10. The molecule has 170 valence electrons. The summed E-state index contributed by atoms with van der Waals surface area (Å²) < 4.78 is 18.0. The van der Waals surface area contributed by atoms with Gasteiger partial charge in [0.2, 0.25) is 5.91 Å². The molecule has 2 heterocycles. The summed E-state index contributed by atoms with van der Waals surface area (Å²) in [6.07, 6.45) is 3.27. The van der Waals surface area contributed by atoms with E-state index in [1.54, 1.807) is 26.6 Å². The van der Waals surface area contributed by atoms with Crippen LogP contribution in [0.2, 0.25) is 0 Å².